The third-order valence-electron chi connectivity index (χ3n) is 6.59. The van der Waals surface area contributed by atoms with Gasteiger partial charge in [0.2, 0.25) is 16.7 Å². The van der Waals surface area contributed by atoms with E-state index < -0.39 is 0 Å². The first-order valence-electron chi connectivity index (χ1n) is 11.2. The molecule has 0 saturated heterocycles. The Bertz CT molecular complexity index is 1600. The van der Waals surface area contributed by atoms with Gasteiger partial charge in [-0.15, -0.1) is 0 Å². The third-order valence-corrected chi connectivity index (χ3v) is 6.59. The molecule has 0 aliphatic rings. The lowest BCUT2D eigenvalue weighted by atomic mass is 9.99. The maximum Gasteiger partial charge on any atom is 0.219 e. The molecule has 5 aromatic carbocycles. The summed E-state index contributed by atoms with van der Waals surface area (Å²) in [5.41, 5.74) is 3.36. The number of hydrogen-bond acceptors (Lipinski definition) is 3. The largest absolute Gasteiger partial charge is 0.497 e. The molecule has 1 heterocycles. The molecular formula is C30H24NO3+. The van der Waals surface area contributed by atoms with Gasteiger partial charge in [-0.05, 0) is 88.3 Å². The van der Waals surface area contributed by atoms with E-state index in [1.54, 1.807) is 21.3 Å². The molecule has 6 rings (SSSR count). The van der Waals surface area contributed by atoms with Crippen molar-refractivity contribution in [3.63, 3.8) is 0 Å². The number of aromatic nitrogens is 1. The molecule has 0 aliphatic carbocycles. The highest BCUT2D eigenvalue weighted by Crippen LogP contribution is 2.34. The van der Waals surface area contributed by atoms with E-state index in [-0.39, 0.29) is 0 Å². The van der Waals surface area contributed by atoms with Gasteiger partial charge in [-0.2, -0.15) is 4.57 Å². The van der Waals surface area contributed by atoms with Crippen LogP contribution >= 0.6 is 0 Å². The number of fused-ring (bicyclic) bond motifs is 6. The van der Waals surface area contributed by atoms with Crippen molar-refractivity contribution in [2.24, 2.45) is 0 Å². The lowest BCUT2D eigenvalue weighted by Gasteiger charge is -2.11. The van der Waals surface area contributed by atoms with Crippen LogP contribution in [0.15, 0.2) is 91.0 Å². The van der Waals surface area contributed by atoms with E-state index in [2.05, 4.69) is 71.3 Å². The summed E-state index contributed by atoms with van der Waals surface area (Å²) in [6, 6.07) is 31.8. The molecule has 0 fully saturated rings. The van der Waals surface area contributed by atoms with Crippen molar-refractivity contribution < 1.29 is 18.8 Å². The van der Waals surface area contributed by atoms with Gasteiger partial charge in [0, 0.05) is 24.3 Å². The van der Waals surface area contributed by atoms with E-state index in [9.17, 15) is 0 Å². The first-order chi connectivity index (χ1) is 16.7. The number of rotatable bonds is 4. The molecule has 0 spiro atoms. The minimum Gasteiger partial charge on any atom is -0.497 e. The predicted molar refractivity (Wildman–Crippen MR) is 138 cm³/mol. The van der Waals surface area contributed by atoms with E-state index in [1.807, 2.05) is 24.3 Å². The fourth-order valence-corrected chi connectivity index (χ4v) is 4.87. The molecule has 1 aromatic heterocycles. The van der Waals surface area contributed by atoms with Crippen molar-refractivity contribution >= 4 is 43.4 Å². The molecule has 4 nitrogen and oxygen atoms in total. The second kappa shape index (κ2) is 7.92. The number of methoxy groups -OCH3 is 3. The van der Waals surface area contributed by atoms with E-state index in [1.165, 1.54) is 21.5 Å². The summed E-state index contributed by atoms with van der Waals surface area (Å²) in [6.07, 6.45) is 0. The van der Waals surface area contributed by atoms with Crippen molar-refractivity contribution in [1.29, 1.82) is 0 Å². The van der Waals surface area contributed by atoms with Crippen LogP contribution in [0.1, 0.15) is 0 Å². The molecule has 0 radical (unpaired) electrons. The Morgan fingerprint density at radius 2 is 0.912 bits per heavy atom. The summed E-state index contributed by atoms with van der Waals surface area (Å²) in [5.74, 6) is 2.55. The van der Waals surface area contributed by atoms with Crippen molar-refractivity contribution in [1.82, 2.24) is 0 Å². The van der Waals surface area contributed by atoms with Gasteiger partial charge in [0.1, 0.15) is 17.2 Å². The minimum absolute atomic E-state index is 0.837. The fourth-order valence-electron chi connectivity index (χ4n) is 4.87. The molecule has 0 saturated carbocycles. The Kier molecular flexibility index (Phi) is 4.73. The molecule has 0 aliphatic heterocycles. The molecule has 0 bridgehead atoms. The van der Waals surface area contributed by atoms with Crippen LogP contribution in [-0.2, 0) is 0 Å². The molecule has 0 N–H and O–H groups in total. The molecule has 34 heavy (non-hydrogen) atoms. The van der Waals surface area contributed by atoms with Gasteiger partial charge < -0.3 is 14.2 Å². The summed E-state index contributed by atoms with van der Waals surface area (Å²) in [7, 11) is 5.10. The van der Waals surface area contributed by atoms with E-state index in [4.69, 9.17) is 14.2 Å². The standard InChI is InChI=1S/C30H24NO3/c1-32-22-8-6-21(7-9-22)31-29-14-4-19-16-23(33-2)10-12-25(19)27(29)18-28-26-13-11-24(34-3)17-20(26)5-15-30(28)31/h4-18H,1-3H3/q+1. The first-order valence-corrected chi connectivity index (χ1v) is 11.2. The van der Waals surface area contributed by atoms with E-state index >= 15 is 0 Å². The molecule has 4 heteroatoms. The van der Waals surface area contributed by atoms with Crippen molar-refractivity contribution in [3.05, 3.63) is 91.0 Å². The van der Waals surface area contributed by atoms with Crippen LogP contribution in [0.3, 0.4) is 0 Å². The average molecular weight is 447 g/mol. The van der Waals surface area contributed by atoms with Crippen LogP contribution in [0.5, 0.6) is 17.2 Å². The Morgan fingerprint density at radius 1 is 0.441 bits per heavy atom. The van der Waals surface area contributed by atoms with Gasteiger partial charge in [-0.1, -0.05) is 0 Å². The highest BCUT2D eigenvalue weighted by atomic mass is 16.5. The predicted octanol–water partition coefficient (Wildman–Crippen LogP) is 6.60. The Morgan fingerprint density at radius 3 is 1.38 bits per heavy atom. The number of ether oxygens (including phenoxy) is 3. The van der Waals surface area contributed by atoms with Gasteiger partial charge in [-0.25, -0.2) is 0 Å². The van der Waals surface area contributed by atoms with Crippen LogP contribution in [0.4, 0.5) is 0 Å². The van der Waals surface area contributed by atoms with Crippen molar-refractivity contribution in [3.8, 4) is 22.9 Å². The third kappa shape index (κ3) is 3.11. The Balaban J connectivity index is 1.78. The Hall–Kier alpha value is -4.31. The van der Waals surface area contributed by atoms with Crippen LogP contribution in [0.25, 0.3) is 49.0 Å². The number of benzene rings is 5. The highest BCUT2D eigenvalue weighted by molar-refractivity contribution is 6.13. The van der Waals surface area contributed by atoms with Gasteiger partial charge >= 0.3 is 0 Å². The van der Waals surface area contributed by atoms with Crippen LogP contribution in [0.2, 0.25) is 0 Å². The fraction of sp³-hybridized carbons (Fsp3) is 0.100. The average Bonchev–Trinajstić information content (AvgIpc) is 2.90. The monoisotopic (exact) mass is 446 g/mol. The van der Waals surface area contributed by atoms with Gasteiger partial charge in [0.15, 0.2) is 0 Å². The molecule has 166 valence electrons. The smallest absolute Gasteiger partial charge is 0.219 e. The normalized spacial score (nSPS) is 11.4. The van der Waals surface area contributed by atoms with Gasteiger partial charge in [0.25, 0.3) is 0 Å². The Labute approximate surface area is 197 Å². The minimum atomic E-state index is 0.837. The molecule has 6 aromatic rings. The summed E-state index contributed by atoms with van der Waals surface area (Å²) in [5, 5.41) is 7.04. The molecular weight excluding hydrogens is 422 g/mol. The maximum atomic E-state index is 5.47. The second-order valence-corrected chi connectivity index (χ2v) is 8.35. The zero-order valence-corrected chi connectivity index (χ0v) is 19.3. The van der Waals surface area contributed by atoms with E-state index in [0.717, 1.165) is 44.7 Å². The topological polar surface area (TPSA) is 31.6 Å². The lowest BCUT2D eigenvalue weighted by Crippen LogP contribution is -2.32. The highest BCUT2D eigenvalue weighted by Gasteiger charge is 2.21. The SMILES string of the molecule is COc1ccc(-[n+]2c3ccc4cc(OC)ccc4c3cc3c4ccc(OC)cc4ccc32)cc1. The van der Waals surface area contributed by atoms with Crippen LogP contribution in [0, 0.1) is 0 Å². The van der Waals surface area contributed by atoms with Gasteiger partial charge in [0.05, 0.1) is 32.1 Å². The molecule has 0 atom stereocenters. The maximum absolute atomic E-state index is 5.47. The summed E-state index contributed by atoms with van der Waals surface area (Å²) in [4.78, 5) is 0. The first kappa shape index (κ1) is 20.3. The van der Waals surface area contributed by atoms with Gasteiger partial charge in [-0.3, -0.25) is 0 Å². The summed E-state index contributed by atoms with van der Waals surface area (Å²) >= 11 is 0. The number of nitrogens with zero attached hydrogens (tertiary/aromatic N) is 1. The lowest BCUT2D eigenvalue weighted by molar-refractivity contribution is -0.537. The molecule has 0 amide bonds. The number of hydrogen-bond donors (Lipinski definition) is 0. The van der Waals surface area contributed by atoms with Crippen LogP contribution < -0.4 is 18.8 Å². The quantitative estimate of drug-likeness (QED) is 0.174. The summed E-state index contributed by atoms with van der Waals surface area (Å²) < 4.78 is 18.7. The molecule has 0 unspecified atom stereocenters. The zero-order valence-electron chi connectivity index (χ0n) is 19.3. The zero-order chi connectivity index (χ0) is 23.2. The van der Waals surface area contributed by atoms with Crippen molar-refractivity contribution in [2.45, 2.75) is 0 Å². The second-order valence-electron chi connectivity index (χ2n) is 8.35. The van der Waals surface area contributed by atoms with Crippen molar-refractivity contribution in [2.75, 3.05) is 21.3 Å². The number of pyridine rings is 1. The summed E-state index contributed by atoms with van der Waals surface area (Å²) in [6.45, 7) is 0. The van der Waals surface area contributed by atoms with Crippen LogP contribution in [-0.4, -0.2) is 21.3 Å². The van der Waals surface area contributed by atoms with E-state index in [0.29, 0.717) is 0 Å².